The Morgan fingerprint density at radius 1 is 1.00 bits per heavy atom. The summed E-state index contributed by atoms with van der Waals surface area (Å²) >= 11 is 12.2. The number of rotatable bonds is 5. The van der Waals surface area contributed by atoms with Crippen LogP contribution in [-0.4, -0.2) is 25.3 Å². The Hall–Kier alpha value is -3.04. The zero-order valence-electron chi connectivity index (χ0n) is 17.6. The summed E-state index contributed by atoms with van der Waals surface area (Å²) in [6, 6.07) is 21.1. The van der Waals surface area contributed by atoms with Gasteiger partial charge in [0.15, 0.2) is 5.69 Å². The smallest absolute Gasteiger partial charge is 0.330 e. The van der Waals surface area contributed by atoms with E-state index in [4.69, 9.17) is 34.5 Å². The van der Waals surface area contributed by atoms with Crippen LogP contribution < -0.4 is 9.80 Å². The molecule has 4 rings (SSSR count). The Kier molecular flexibility index (Phi) is 6.12. The molecule has 5 nitrogen and oxygen atoms in total. The highest BCUT2D eigenvalue weighted by atomic mass is 35.5. The minimum absolute atomic E-state index is 0.201. The largest absolute Gasteiger partial charge is 0.382 e. The molecule has 162 valence electrons. The SMILES string of the molecule is [C-]#[N+]c1cccc([C@@H]2N(c3ccc(Cl)cc3)C(=O)N(c3ccc(Cl)cc3)[C@]2(C)COC)c1. The predicted molar refractivity (Wildman–Crippen MR) is 129 cm³/mol. The van der Waals surface area contributed by atoms with Crippen LogP contribution in [0.4, 0.5) is 21.9 Å². The highest BCUT2D eigenvalue weighted by Gasteiger charge is 2.56. The molecule has 0 N–H and O–H groups in total. The lowest BCUT2D eigenvalue weighted by atomic mass is 9.86. The second-order valence-corrected chi connectivity index (χ2v) is 8.71. The Labute approximate surface area is 197 Å². The average molecular weight is 466 g/mol. The number of halogens is 2. The minimum atomic E-state index is -0.778. The molecule has 1 fully saturated rings. The van der Waals surface area contributed by atoms with Crippen molar-refractivity contribution in [3.05, 3.63) is 99.8 Å². The van der Waals surface area contributed by atoms with E-state index < -0.39 is 11.6 Å². The maximum absolute atomic E-state index is 14.0. The van der Waals surface area contributed by atoms with Crippen molar-refractivity contribution in [2.75, 3.05) is 23.5 Å². The van der Waals surface area contributed by atoms with Gasteiger partial charge in [-0.3, -0.25) is 9.80 Å². The van der Waals surface area contributed by atoms with Crippen LogP contribution >= 0.6 is 23.2 Å². The van der Waals surface area contributed by atoms with Gasteiger partial charge in [0.1, 0.15) is 0 Å². The molecule has 2 atom stereocenters. The Bertz CT molecular complexity index is 1180. The average Bonchev–Trinajstić information content (AvgIpc) is 3.02. The number of carbonyl (C=O) groups excluding carboxylic acids is 1. The lowest BCUT2D eigenvalue weighted by Gasteiger charge is -2.38. The monoisotopic (exact) mass is 465 g/mol. The lowest BCUT2D eigenvalue weighted by Crippen LogP contribution is -2.49. The Balaban J connectivity index is 1.95. The highest BCUT2D eigenvalue weighted by Crippen LogP contribution is 2.48. The van der Waals surface area contributed by atoms with Crippen LogP contribution in [0.5, 0.6) is 0 Å². The summed E-state index contributed by atoms with van der Waals surface area (Å²) in [5.41, 5.74) is 1.99. The number of hydrogen-bond acceptors (Lipinski definition) is 2. The topological polar surface area (TPSA) is 37.1 Å². The van der Waals surface area contributed by atoms with E-state index in [9.17, 15) is 4.79 Å². The van der Waals surface area contributed by atoms with Crippen LogP contribution in [-0.2, 0) is 4.74 Å². The minimum Gasteiger partial charge on any atom is -0.382 e. The molecular weight excluding hydrogens is 445 g/mol. The molecular formula is C25H21Cl2N3O2. The van der Waals surface area contributed by atoms with E-state index >= 15 is 0 Å². The molecule has 0 bridgehead atoms. The molecule has 1 saturated heterocycles. The normalized spacial score (nSPS) is 20.5. The van der Waals surface area contributed by atoms with Crippen molar-refractivity contribution in [2.45, 2.75) is 18.5 Å². The van der Waals surface area contributed by atoms with Gasteiger partial charge in [0.2, 0.25) is 0 Å². The standard InChI is InChI=1S/C25H21Cl2N3O2/c1-25(16-32-3)23(17-5-4-6-20(15-17)28-2)29(21-11-7-18(26)8-12-21)24(31)30(25)22-13-9-19(27)10-14-22/h4-15,23H,16H2,1,3H3/t23-,25+/m0/s1. The van der Waals surface area contributed by atoms with Crippen LogP contribution in [0.15, 0.2) is 72.8 Å². The fraction of sp³-hybridized carbons (Fsp3) is 0.200. The first-order valence-corrected chi connectivity index (χ1v) is 10.8. The van der Waals surface area contributed by atoms with Gasteiger partial charge in [-0.1, -0.05) is 47.5 Å². The number of hydrogen-bond donors (Lipinski definition) is 0. The van der Waals surface area contributed by atoms with Crippen molar-refractivity contribution in [1.29, 1.82) is 0 Å². The zero-order chi connectivity index (χ0) is 22.9. The van der Waals surface area contributed by atoms with E-state index in [1.807, 2.05) is 49.4 Å². The summed E-state index contributed by atoms with van der Waals surface area (Å²) in [6.07, 6.45) is 0. The fourth-order valence-corrected chi connectivity index (χ4v) is 4.65. The molecule has 0 aromatic heterocycles. The van der Waals surface area contributed by atoms with E-state index in [0.717, 1.165) is 5.56 Å². The van der Waals surface area contributed by atoms with E-state index in [2.05, 4.69) is 4.85 Å². The molecule has 1 aliphatic heterocycles. The molecule has 0 radical (unpaired) electrons. The molecule has 3 aromatic carbocycles. The van der Waals surface area contributed by atoms with Gasteiger partial charge in [-0.05, 0) is 61.0 Å². The summed E-state index contributed by atoms with van der Waals surface area (Å²) in [5, 5.41) is 1.17. The van der Waals surface area contributed by atoms with Gasteiger partial charge in [0, 0.05) is 28.5 Å². The number of carbonyl (C=O) groups is 1. The molecule has 2 amide bonds. The van der Waals surface area contributed by atoms with Crippen molar-refractivity contribution >= 4 is 46.3 Å². The first kappa shape index (κ1) is 22.2. The third-order valence-corrected chi connectivity index (χ3v) is 6.20. The number of methoxy groups -OCH3 is 1. The molecule has 7 heteroatoms. The van der Waals surface area contributed by atoms with Crippen molar-refractivity contribution < 1.29 is 9.53 Å². The van der Waals surface area contributed by atoms with E-state index in [-0.39, 0.29) is 12.6 Å². The second kappa shape index (κ2) is 8.84. The van der Waals surface area contributed by atoms with Gasteiger partial charge >= 0.3 is 6.03 Å². The van der Waals surface area contributed by atoms with Crippen LogP contribution in [0.2, 0.25) is 10.0 Å². The van der Waals surface area contributed by atoms with Crippen molar-refractivity contribution in [2.24, 2.45) is 0 Å². The fourth-order valence-electron chi connectivity index (χ4n) is 4.40. The molecule has 1 heterocycles. The third-order valence-electron chi connectivity index (χ3n) is 5.70. The molecule has 3 aromatic rings. The number of amides is 2. The van der Waals surface area contributed by atoms with Gasteiger partial charge in [-0.2, -0.15) is 0 Å². The summed E-state index contributed by atoms with van der Waals surface area (Å²) in [5.74, 6) is 0. The van der Waals surface area contributed by atoms with Gasteiger partial charge in [0.05, 0.1) is 24.8 Å². The van der Waals surface area contributed by atoms with Crippen LogP contribution in [0.25, 0.3) is 4.85 Å². The van der Waals surface area contributed by atoms with E-state index in [0.29, 0.717) is 27.1 Å². The van der Waals surface area contributed by atoms with Gasteiger partial charge < -0.3 is 4.74 Å². The van der Waals surface area contributed by atoms with Gasteiger partial charge in [-0.15, -0.1) is 0 Å². The van der Waals surface area contributed by atoms with Gasteiger partial charge in [-0.25, -0.2) is 9.64 Å². The maximum atomic E-state index is 14.0. The third kappa shape index (κ3) is 3.82. The van der Waals surface area contributed by atoms with Crippen LogP contribution in [0.3, 0.4) is 0 Å². The number of ether oxygens (including phenoxy) is 1. The summed E-state index contributed by atoms with van der Waals surface area (Å²) in [4.78, 5) is 21.0. The number of nitrogens with zero attached hydrogens (tertiary/aromatic N) is 3. The Morgan fingerprint density at radius 3 is 2.16 bits per heavy atom. The lowest BCUT2D eigenvalue weighted by molar-refractivity contribution is 0.134. The molecule has 0 spiro atoms. The molecule has 1 aliphatic rings. The Morgan fingerprint density at radius 2 is 1.59 bits per heavy atom. The number of benzene rings is 3. The molecule has 0 unspecified atom stereocenters. The molecule has 0 saturated carbocycles. The summed E-state index contributed by atoms with van der Waals surface area (Å²) in [6.45, 7) is 9.72. The second-order valence-electron chi connectivity index (χ2n) is 7.84. The molecule has 0 aliphatic carbocycles. The van der Waals surface area contributed by atoms with Crippen molar-refractivity contribution in [3.8, 4) is 0 Å². The zero-order valence-corrected chi connectivity index (χ0v) is 19.1. The highest BCUT2D eigenvalue weighted by molar-refractivity contribution is 6.31. The molecule has 32 heavy (non-hydrogen) atoms. The maximum Gasteiger partial charge on any atom is 0.330 e. The summed E-state index contributed by atoms with van der Waals surface area (Å²) in [7, 11) is 1.62. The predicted octanol–water partition coefficient (Wildman–Crippen LogP) is 7.14. The summed E-state index contributed by atoms with van der Waals surface area (Å²) < 4.78 is 5.64. The van der Waals surface area contributed by atoms with E-state index in [1.54, 1.807) is 47.2 Å². The van der Waals surface area contributed by atoms with Crippen molar-refractivity contribution in [3.63, 3.8) is 0 Å². The number of urea groups is 1. The first-order chi connectivity index (χ1) is 15.4. The van der Waals surface area contributed by atoms with Crippen LogP contribution in [0, 0.1) is 6.57 Å². The van der Waals surface area contributed by atoms with E-state index in [1.165, 1.54) is 0 Å². The quantitative estimate of drug-likeness (QED) is 0.375. The number of anilines is 2. The first-order valence-electron chi connectivity index (χ1n) is 10.00. The van der Waals surface area contributed by atoms with Gasteiger partial charge in [0.25, 0.3) is 0 Å². The van der Waals surface area contributed by atoms with Crippen LogP contribution in [0.1, 0.15) is 18.5 Å². The van der Waals surface area contributed by atoms with Crippen molar-refractivity contribution in [1.82, 2.24) is 0 Å².